The van der Waals surface area contributed by atoms with E-state index in [1.165, 1.54) is 18.3 Å². The van der Waals surface area contributed by atoms with Crippen molar-refractivity contribution in [2.24, 2.45) is 0 Å². The number of amides is 2. The van der Waals surface area contributed by atoms with E-state index in [0.29, 0.717) is 4.90 Å². The Hall–Kier alpha value is -3.32. The maximum atomic E-state index is 13.8. The van der Waals surface area contributed by atoms with Crippen molar-refractivity contribution >= 4 is 21.7 Å². The average Bonchev–Trinajstić information content (AvgIpc) is 2.69. The van der Waals surface area contributed by atoms with E-state index < -0.39 is 56.4 Å². The molecule has 2 amide bonds. The van der Waals surface area contributed by atoms with Crippen LogP contribution in [-0.4, -0.2) is 44.0 Å². The Balaban J connectivity index is 2.26. The molecule has 2 rings (SSSR count). The van der Waals surface area contributed by atoms with Crippen LogP contribution in [0, 0.1) is 23.1 Å². The van der Waals surface area contributed by atoms with E-state index in [1.807, 2.05) is 0 Å². The van der Waals surface area contributed by atoms with Crippen LogP contribution in [0.4, 0.5) is 8.78 Å². The van der Waals surface area contributed by atoms with Gasteiger partial charge in [-0.25, -0.2) is 17.2 Å². The van der Waals surface area contributed by atoms with Crippen LogP contribution in [0.15, 0.2) is 48.5 Å². The number of hydrogen-bond acceptors (Lipinski definition) is 5. The van der Waals surface area contributed by atoms with Crippen molar-refractivity contribution in [1.82, 2.24) is 10.2 Å². The molecule has 1 atom stereocenters. The highest BCUT2D eigenvalue weighted by molar-refractivity contribution is 7.90. The minimum atomic E-state index is -4.17. The Kier molecular flexibility index (Phi) is 7.01. The monoisotopic (exact) mass is 421 g/mol. The number of rotatable bonds is 7. The maximum Gasteiger partial charge on any atom is 0.258 e. The molecule has 0 heterocycles. The number of hydrogen-bond donors (Lipinski definition) is 1. The summed E-state index contributed by atoms with van der Waals surface area (Å²) in [7, 11) is -3.05. The zero-order valence-electron chi connectivity index (χ0n) is 15.3. The fourth-order valence-electron chi connectivity index (χ4n) is 2.49. The number of nitrogens with one attached hydrogen (secondary N) is 1. The molecule has 0 aliphatic heterocycles. The summed E-state index contributed by atoms with van der Waals surface area (Å²) in [5.41, 5.74) is -0.224. The van der Waals surface area contributed by atoms with Crippen molar-refractivity contribution in [2.75, 3.05) is 12.8 Å². The molecule has 0 saturated heterocycles. The molecule has 1 unspecified atom stereocenters. The topological polar surface area (TPSA) is 107 Å². The standard InChI is InChI=1S/C19H17F2N3O4S/c1-24(12-22)19(26)17(23-18(25)13-5-3-2-4-6-13)11-29(27,28)10-14-9-15(20)7-8-16(14)21/h2-9,17H,10-11H2,1H3,(H,23,25). The van der Waals surface area contributed by atoms with Crippen LogP contribution < -0.4 is 5.32 Å². The first-order valence-corrected chi connectivity index (χ1v) is 10.1. The molecule has 2 aromatic rings. The van der Waals surface area contributed by atoms with E-state index >= 15 is 0 Å². The number of carbonyl (C=O) groups is 2. The lowest BCUT2D eigenvalue weighted by molar-refractivity contribution is -0.128. The van der Waals surface area contributed by atoms with Gasteiger partial charge in [0.1, 0.15) is 17.7 Å². The number of halogens is 2. The van der Waals surface area contributed by atoms with E-state index in [9.17, 15) is 26.8 Å². The van der Waals surface area contributed by atoms with Gasteiger partial charge in [0.2, 0.25) is 0 Å². The number of nitriles is 1. The van der Waals surface area contributed by atoms with Crippen LogP contribution in [0.3, 0.4) is 0 Å². The summed E-state index contributed by atoms with van der Waals surface area (Å²) in [6.45, 7) is 0. The first-order valence-electron chi connectivity index (χ1n) is 8.30. The fourth-order valence-corrected chi connectivity index (χ4v) is 4.04. The van der Waals surface area contributed by atoms with Gasteiger partial charge in [-0.05, 0) is 30.3 Å². The van der Waals surface area contributed by atoms with Gasteiger partial charge in [-0.1, -0.05) is 18.2 Å². The van der Waals surface area contributed by atoms with Crippen molar-refractivity contribution in [3.8, 4) is 6.19 Å². The van der Waals surface area contributed by atoms with Gasteiger partial charge in [0.25, 0.3) is 11.8 Å². The largest absolute Gasteiger partial charge is 0.339 e. The molecule has 152 valence electrons. The summed E-state index contributed by atoms with van der Waals surface area (Å²) < 4.78 is 52.1. The molecular formula is C19H17F2N3O4S. The molecule has 0 saturated carbocycles. The molecule has 1 N–H and O–H groups in total. The molecular weight excluding hydrogens is 404 g/mol. The van der Waals surface area contributed by atoms with Crippen LogP contribution in [0.5, 0.6) is 0 Å². The van der Waals surface area contributed by atoms with Crippen molar-refractivity contribution in [3.63, 3.8) is 0 Å². The van der Waals surface area contributed by atoms with Gasteiger partial charge in [0.15, 0.2) is 16.0 Å². The van der Waals surface area contributed by atoms with Crippen LogP contribution >= 0.6 is 0 Å². The Bertz CT molecular complexity index is 1050. The minimum Gasteiger partial charge on any atom is -0.339 e. The van der Waals surface area contributed by atoms with Crippen molar-refractivity contribution < 1.29 is 26.8 Å². The first-order chi connectivity index (χ1) is 13.6. The smallest absolute Gasteiger partial charge is 0.258 e. The molecule has 2 aromatic carbocycles. The summed E-state index contributed by atoms with van der Waals surface area (Å²) >= 11 is 0. The molecule has 0 aromatic heterocycles. The van der Waals surface area contributed by atoms with Crippen molar-refractivity contribution in [1.29, 1.82) is 5.26 Å². The Morgan fingerprint density at radius 1 is 1.17 bits per heavy atom. The van der Waals surface area contributed by atoms with E-state index in [1.54, 1.807) is 18.2 Å². The average molecular weight is 421 g/mol. The highest BCUT2D eigenvalue weighted by Gasteiger charge is 2.30. The summed E-state index contributed by atoms with van der Waals surface area (Å²) in [4.78, 5) is 25.3. The molecule has 0 fully saturated rings. The predicted molar refractivity (Wildman–Crippen MR) is 99.9 cm³/mol. The predicted octanol–water partition coefficient (Wildman–Crippen LogP) is 1.62. The highest BCUT2D eigenvalue weighted by atomic mass is 32.2. The second-order valence-electron chi connectivity index (χ2n) is 6.18. The number of benzene rings is 2. The fraction of sp³-hybridized carbons (Fsp3) is 0.211. The third-order valence-electron chi connectivity index (χ3n) is 3.92. The second kappa shape index (κ2) is 9.25. The number of carbonyl (C=O) groups excluding carboxylic acids is 2. The minimum absolute atomic E-state index is 0.179. The molecule has 7 nitrogen and oxygen atoms in total. The summed E-state index contributed by atoms with van der Waals surface area (Å²) in [5.74, 6) is -5.18. The van der Waals surface area contributed by atoms with Gasteiger partial charge in [-0.3, -0.25) is 14.5 Å². The van der Waals surface area contributed by atoms with Gasteiger partial charge in [0.05, 0.1) is 11.5 Å². The molecule has 29 heavy (non-hydrogen) atoms. The van der Waals surface area contributed by atoms with E-state index in [2.05, 4.69) is 5.32 Å². The van der Waals surface area contributed by atoms with E-state index in [-0.39, 0.29) is 5.56 Å². The van der Waals surface area contributed by atoms with Gasteiger partial charge in [0, 0.05) is 18.2 Å². The Morgan fingerprint density at radius 2 is 1.83 bits per heavy atom. The summed E-state index contributed by atoms with van der Waals surface area (Å²) in [6, 6.07) is 8.54. The number of likely N-dealkylation sites (N-methyl/N-ethyl adjacent to an activating group) is 1. The van der Waals surface area contributed by atoms with Crippen LogP contribution in [0.1, 0.15) is 15.9 Å². The van der Waals surface area contributed by atoms with Crippen molar-refractivity contribution in [3.05, 3.63) is 71.3 Å². The lowest BCUT2D eigenvalue weighted by Crippen LogP contribution is -2.50. The summed E-state index contributed by atoms with van der Waals surface area (Å²) in [5, 5.41) is 11.2. The van der Waals surface area contributed by atoms with Crippen molar-refractivity contribution in [2.45, 2.75) is 11.8 Å². The van der Waals surface area contributed by atoms with E-state index in [0.717, 1.165) is 25.2 Å². The molecule has 10 heteroatoms. The Morgan fingerprint density at radius 3 is 2.45 bits per heavy atom. The van der Waals surface area contributed by atoms with E-state index in [4.69, 9.17) is 5.26 Å². The highest BCUT2D eigenvalue weighted by Crippen LogP contribution is 2.15. The summed E-state index contributed by atoms with van der Waals surface area (Å²) in [6.07, 6.45) is 1.54. The number of nitrogens with zero attached hydrogens (tertiary/aromatic N) is 2. The maximum absolute atomic E-state index is 13.8. The van der Waals surface area contributed by atoms with Gasteiger partial charge < -0.3 is 5.32 Å². The van der Waals surface area contributed by atoms with Crippen LogP contribution in [0.25, 0.3) is 0 Å². The lowest BCUT2D eigenvalue weighted by Gasteiger charge is -2.20. The molecule has 0 aliphatic carbocycles. The second-order valence-corrected chi connectivity index (χ2v) is 8.29. The van der Waals surface area contributed by atoms with Crippen LogP contribution in [0.2, 0.25) is 0 Å². The Labute approximate surface area is 166 Å². The normalized spacial score (nSPS) is 11.9. The van der Waals surface area contributed by atoms with Crippen LogP contribution in [-0.2, 0) is 20.4 Å². The lowest BCUT2D eigenvalue weighted by atomic mass is 10.2. The zero-order valence-corrected chi connectivity index (χ0v) is 16.1. The first kappa shape index (κ1) is 22.0. The number of sulfone groups is 1. The van der Waals surface area contributed by atoms with Gasteiger partial charge in [-0.2, -0.15) is 5.26 Å². The zero-order chi connectivity index (χ0) is 21.6. The van der Waals surface area contributed by atoms with Gasteiger partial charge in [-0.15, -0.1) is 0 Å². The quantitative estimate of drug-likeness (QED) is 0.540. The molecule has 0 radical (unpaired) electrons. The molecule has 0 aliphatic rings. The third kappa shape index (κ3) is 6.08. The molecule has 0 spiro atoms. The molecule has 0 bridgehead atoms. The SMILES string of the molecule is CN(C#N)C(=O)C(CS(=O)(=O)Cc1cc(F)ccc1F)NC(=O)c1ccccc1. The van der Waals surface area contributed by atoms with Gasteiger partial charge >= 0.3 is 0 Å². The third-order valence-corrected chi connectivity index (χ3v) is 5.52.